The van der Waals surface area contributed by atoms with Crippen LogP contribution in [0.5, 0.6) is 5.88 Å². The summed E-state index contributed by atoms with van der Waals surface area (Å²) in [5.74, 6) is 1.21. The van der Waals surface area contributed by atoms with Crippen molar-refractivity contribution < 1.29 is 14.3 Å². The van der Waals surface area contributed by atoms with Crippen molar-refractivity contribution in [1.29, 1.82) is 0 Å². The lowest BCUT2D eigenvalue weighted by molar-refractivity contribution is 0.0494. The second-order valence-corrected chi connectivity index (χ2v) is 6.81. The first-order valence-electron chi connectivity index (χ1n) is 7.91. The molecule has 2 atom stereocenters. The Morgan fingerprint density at radius 3 is 2.78 bits per heavy atom. The number of nitrogens with one attached hydrogen (secondary N) is 1. The number of carbonyl (C=O) groups excluding carboxylic acids is 1. The predicted molar refractivity (Wildman–Crippen MR) is 87.8 cm³/mol. The Balaban J connectivity index is 1.93. The van der Waals surface area contributed by atoms with Crippen LogP contribution in [0.15, 0.2) is 12.3 Å². The molecule has 0 saturated carbocycles. The predicted octanol–water partition coefficient (Wildman–Crippen LogP) is 2.37. The third kappa shape index (κ3) is 4.97. The van der Waals surface area contributed by atoms with E-state index in [0.717, 1.165) is 19.4 Å². The zero-order valence-corrected chi connectivity index (χ0v) is 14.5. The molecule has 1 saturated heterocycles. The number of rotatable bonds is 3. The van der Waals surface area contributed by atoms with E-state index in [1.54, 1.807) is 19.4 Å². The van der Waals surface area contributed by atoms with Crippen molar-refractivity contribution in [3.63, 3.8) is 0 Å². The van der Waals surface area contributed by atoms with Gasteiger partial charge in [-0.25, -0.2) is 9.78 Å². The summed E-state index contributed by atoms with van der Waals surface area (Å²) >= 11 is 0. The highest BCUT2D eigenvalue weighted by Gasteiger charge is 2.29. The van der Waals surface area contributed by atoms with Gasteiger partial charge in [0, 0.05) is 30.9 Å². The van der Waals surface area contributed by atoms with E-state index in [0.29, 0.717) is 11.8 Å². The quantitative estimate of drug-likeness (QED) is 0.920. The first-order valence-corrected chi connectivity index (χ1v) is 7.91. The molecule has 0 spiro atoms. The number of ether oxygens (including phenoxy) is 2. The van der Waals surface area contributed by atoms with Gasteiger partial charge in [-0.2, -0.15) is 4.98 Å². The van der Waals surface area contributed by atoms with Crippen LogP contribution >= 0.6 is 0 Å². The summed E-state index contributed by atoms with van der Waals surface area (Å²) < 4.78 is 10.5. The van der Waals surface area contributed by atoms with Gasteiger partial charge in [0.2, 0.25) is 11.8 Å². The smallest absolute Gasteiger partial charge is 0.407 e. The van der Waals surface area contributed by atoms with Gasteiger partial charge in [-0.05, 0) is 40.5 Å². The molecule has 1 aliphatic heterocycles. The Bertz CT molecular complexity index is 544. The fourth-order valence-electron chi connectivity index (χ4n) is 2.66. The van der Waals surface area contributed by atoms with E-state index in [4.69, 9.17) is 9.47 Å². The number of anilines is 1. The van der Waals surface area contributed by atoms with Crippen LogP contribution in [0.4, 0.5) is 10.7 Å². The third-order valence-corrected chi connectivity index (χ3v) is 3.68. The van der Waals surface area contributed by atoms with Crippen LogP contribution in [0.25, 0.3) is 0 Å². The molecule has 1 aliphatic rings. The zero-order chi connectivity index (χ0) is 17.0. The van der Waals surface area contributed by atoms with Crippen LogP contribution in [0.1, 0.15) is 40.5 Å². The normalized spacial score (nSPS) is 21.7. The van der Waals surface area contributed by atoms with Crippen molar-refractivity contribution in [3.05, 3.63) is 12.3 Å². The lowest BCUT2D eigenvalue weighted by Crippen LogP contribution is -2.50. The van der Waals surface area contributed by atoms with Gasteiger partial charge < -0.3 is 19.7 Å². The van der Waals surface area contributed by atoms with Gasteiger partial charge in [0.25, 0.3) is 0 Å². The van der Waals surface area contributed by atoms with Gasteiger partial charge in [-0.15, -0.1) is 0 Å². The fourth-order valence-corrected chi connectivity index (χ4v) is 2.66. The van der Waals surface area contributed by atoms with E-state index >= 15 is 0 Å². The van der Waals surface area contributed by atoms with E-state index < -0.39 is 5.60 Å². The first-order chi connectivity index (χ1) is 10.8. The average Bonchev–Trinajstić information content (AvgIpc) is 2.45. The maximum atomic E-state index is 11.9. The minimum absolute atomic E-state index is 0.0988. The Kier molecular flexibility index (Phi) is 5.28. The summed E-state index contributed by atoms with van der Waals surface area (Å²) in [6, 6.07) is 2.04. The number of alkyl carbamates (subject to hydrolysis) is 1. The monoisotopic (exact) mass is 322 g/mol. The number of hydrogen-bond donors (Lipinski definition) is 1. The van der Waals surface area contributed by atoms with Crippen LogP contribution in [-0.2, 0) is 4.74 Å². The van der Waals surface area contributed by atoms with Crippen molar-refractivity contribution in [2.45, 2.75) is 58.2 Å². The number of nitrogens with zero attached hydrogens (tertiary/aromatic N) is 3. The Morgan fingerprint density at radius 2 is 2.17 bits per heavy atom. The zero-order valence-electron chi connectivity index (χ0n) is 14.5. The lowest BCUT2D eigenvalue weighted by Gasteiger charge is -2.38. The highest BCUT2D eigenvalue weighted by Crippen LogP contribution is 2.23. The van der Waals surface area contributed by atoms with Crippen molar-refractivity contribution in [1.82, 2.24) is 15.3 Å². The summed E-state index contributed by atoms with van der Waals surface area (Å²) in [5, 5.41) is 2.95. The van der Waals surface area contributed by atoms with E-state index in [9.17, 15) is 4.79 Å². The topological polar surface area (TPSA) is 76.6 Å². The molecule has 7 heteroatoms. The molecule has 1 aromatic heterocycles. The van der Waals surface area contributed by atoms with Crippen molar-refractivity contribution in [3.8, 4) is 5.88 Å². The van der Waals surface area contributed by atoms with Crippen LogP contribution in [0.3, 0.4) is 0 Å². The molecule has 1 fully saturated rings. The molecule has 0 radical (unpaired) electrons. The highest BCUT2D eigenvalue weighted by molar-refractivity contribution is 5.68. The van der Waals surface area contributed by atoms with Crippen LogP contribution < -0.4 is 15.0 Å². The molecule has 128 valence electrons. The molecule has 0 aliphatic carbocycles. The maximum Gasteiger partial charge on any atom is 0.407 e. The summed E-state index contributed by atoms with van der Waals surface area (Å²) in [4.78, 5) is 22.7. The van der Waals surface area contributed by atoms with E-state index in [1.165, 1.54) is 0 Å². The SMILES string of the molecule is COc1ccnc(N2CCC(NC(=O)OC(C)(C)C)CC2C)n1. The van der Waals surface area contributed by atoms with Gasteiger partial charge in [0.05, 0.1) is 7.11 Å². The van der Waals surface area contributed by atoms with E-state index in [-0.39, 0.29) is 18.2 Å². The molecule has 2 unspecified atom stereocenters. The minimum atomic E-state index is -0.481. The number of aromatic nitrogens is 2. The van der Waals surface area contributed by atoms with Crippen molar-refractivity contribution >= 4 is 12.0 Å². The van der Waals surface area contributed by atoms with Crippen molar-refractivity contribution in [2.75, 3.05) is 18.6 Å². The second-order valence-electron chi connectivity index (χ2n) is 6.81. The molecule has 1 N–H and O–H groups in total. The van der Waals surface area contributed by atoms with Crippen LogP contribution in [0, 0.1) is 0 Å². The molecule has 7 nitrogen and oxygen atoms in total. The maximum absolute atomic E-state index is 11.9. The number of methoxy groups -OCH3 is 1. The molecule has 2 heterocycles. The molecular formula is C16H26N4O3. The van der Waals surface area contributed by atoms with Gasteiger partial charge >= 0.3 is 6.09 Å². The first kappa shape index (κ1) is 17.3. The number of piperidine rings is 1. The number of hydrogen-bond acceptors (Lipinski definition) is 6. The standard InChI is InChI=1S/C16H26N4O3/c1-11-10-12(18-15(21)23-16(2,3)4)7-9-20(11)14-17-8-6-13(19-14)22-5/h6,8,11-12H,7,9-10H2,1-5H3,(H,18,21). The minimum Gasteiger partial charge on any atom is -0.481 e. The fraction of sp³-hybridized carbons (Fsp3) is 0.688. The third-order valence-electron chi connectivity index (χ3n) is 3.68. The number of carbonyl (C=O) groups is 1. The van der Waals surface area contributed by atoms with Gasteiger partial charge in [0.1, 0.15) is 5.60 Å². The average molecular weight is 322 g/mol. The van der Waals surface area contributed by atoms with Gasteiger partial charge in [0.15, 0.2) is 0 Å². The highest BCUT2D eigenvalue weighted by atomic mass is 16.6. The van der Waals surface area contributed by atoms with Crippen LogP contribution in [-0.4, -0.2) is 47.4 Å². The molecule has 2 rings (SSSR count). The molecule has 0 aromatic carbocycles. The lowest BCUT2D eigenvalue weighted by atomic mass is 9.99. The van der Waals surface area contributed by atoms with Crippen LogP contribution in [0.2, 0.25) is 0 Å². The summed E-state index contributed by atoms with van der Waals surface area (Å²) in [5.41, 5.74) is -0.481. The Morgan fingerprint density at radius 1 is 1.43 bits per heavy atom. The summed E-state index contributed by atoms with van der Waals surface area (Å²) in [6.45, 7) is 8.45. The molecule has 0 bridgehead atoms. The molecule has 23 heavy (non-hydrogen) atoms. The van der Waals surface area contributed by atoms with Gasteiger partial charge in [-0.3, -0.25) is 0 Å². The van der Waals surface area contributed by atoms with Crippen molar-refractivity contribution in [2.24, 2.45) is 0 Å². The molecule has 1 amide bonds. The van der Waals surface area contributed by atoms with Gasteiger partial charge in [-0.1, -0.05) is 0 Å². The molecular weight excluding hydrogens is 296 g/mol. The Labute approximate surface area is 137 Å². The summed E-state index contributed by atoms with van der Waals surface area (Å²) in [7, 11) is 1.59. The molecule has 1 aromatic rings. The Hall–Kier alpha value is -2.05. The largest absolute Gasteiger partial charge is 0.481 e. The second kappa shape index (κ2) is 7.02. The number of amides is 1. The van der Waals surface area contributed by atoms with E-state index in [1.807, 2.05) is 20.8 Å². The summed E-state index contributed by atoms with van der Waals surface area (Å²) in [6.07, 6.45) is 2.98. The van der Waals surface area contributed by atoms with E-state index in [2.05, 4.69) is 27.1 Å².